The number of amides is 2. The summed E-state index contributed by atoms with van der Waals surface area (Å²) in [7, 11) is 0. The molecule has 1 fully saturated rings. The first-order valence-electron chi connectivity index (χ1n) is 7.25. The fraction of sp³-hybridized carbons (Fsp3) is 0.467. The highest BCUT2D eigenvalue weighted by atomic mass is 19.4. The van der Waals surface area contributed by atoms with Crippen molar-refractivity contribution in [2.75, 3.05) is 13.1 Å². The zero-order chi connectivity index (χ0) is 19.0. The average Bonchev–Trinajstić information content (AvgIpc) is 2.91. The number of urea groups is 1. The van der Waals surface area contributed by atoms with Gasteiger partial charge in [-0.05, 0) is 19.4 Å². The molecule has 1 aromatic rings. The van der Waals surface area contributed by atoms with E-state index < -0.39 is 46.8 Å². The molecule has 5 nitrogen and oxygen atoms in total. The van der Waals surface area contributed by atoms with Crippen LogP contribution < -0.4 is 5.32 Å². The van der Waals surface area contributed by atoms with Gasteiger partial charge < -0.3 is 15.3 Å². The van der Waals surface area contributed by atoms with Crippen molar-refractivity contribution in [3.63, 3.8) is 0 Å². The van der Waals surface area contributed by atoms with Gasteiger partial charge >= 0.3 is 18.2 Å². The number of carbonyl (C=O) groups is 2. The van der Waals surface area contributed by atoms with Crippen molar-refractivity contribution in [1.29, 1.82) is 0 Å². The van der Waals surface area contributed by atoms with Gasteiger partial charge in [0.2, 0.25) is 0 Å². The molecule has 138 valence electrons. The Kier molecular flexibility index (Phi) is 4.92. The second kappa shape index (κ2) is 6.49. The van der Waals surface area contributed by atoms with Crippen LogP contribution in [-0.4, -0.2) is 41.3 Å². The van der Waals surface area contributed by atoms with Crippen LogP contribution in [0.2, 0.25) is 0 Å². The van der Waals surface area contributed by atoms with Gasteiger partial charge in [0.25, 0.3) is 0 Å². The lowest BCUT2D eigenvalue weighted by Gasteiger charge is -2.26. The van der Waals surface area contributed by atoms with Gasteiger partial charge in [0.1, 0.15) is 0 Å². The van der Waals surface area contributed by atoms with Crippen LogP contribution in [0.15, 0.2) is 18.2 Å². The summed E-state index contributed by atoms with van der Waals surface area (Å²) in [6.45, 7) is 1.02. The molecule has 1 aliphatic rings. The van der Waals surface area contributed by atoms with Crippen LogP contribution in [0.1, 0.15) is 24.9 Å². The standard InChI is InChI=1S/C15H15F5N2O3/c1-14(12(23)24)5-6-22(7-14)13(25)21-11(15(18,19)20)8-3-2-4-9(16)10(8)17/h2-4,11H,5-7H2,1H3,(H,21,25)(H,23,24). The van der Waals surface area contributed by atoms with Crippen LogP contribution in [0.5, 0.6) is 0 Å². The summed E-state index contributed by atoms with van der Waals surface area (Å²) in [6.07, 6.45) is -5.00. The molecular formula is C15H15F5N2O3. The number of carboxylic acids is 1. The molecule has 1 heterocycles. The van der Waals surface area contributed by atoms with Gasteiger partial charge in [-0.1, -0.05) is 12.1 Å². The van der Waals surface area contributed by atoms with Crippen molar-refractivity contribution in [3.8, 4) is 0 Å². The van der Waals surface area contributed by atoms with E-state index >= 15 is 0 Å². The minimum Gasteiger partial charge on any atom is -0.481 e. The van der Waals surface area contributed by atoms with E-state index in [2.05, 4.69) is 0 Å². The Morgan fingerprint density at radius 3 is 2.48 bits per heavy atom. The van der Waals surface area contributed by atoms with Crippen LogP contribution in [0.3, 0.4) is 0 Å². The van der Waals surface area contributed by atoms with Crippen molar-refractivity contribution in [1.82, 2.24) is 10.2 Å². The highest BCUT2D eigenvalue weighted by Gasteiger charge is 2.47. The third kappa shape index (κ3) is 3.83. The quantitative estimate of drug-likeness (QED) is 0.808. The zero-order valence-electron chi connectivity index (χ0n) is 13.0. The number of hydrogen-bond donors (Lipinski definition) is 2. The highest BCUT2D eigenvalue weighted by molar-refractivity contribution is 5.79. The molecule has 1 saturated heterocycles. The lowest BCUT2D eigenvalue weighted by atomic mass is 9.90. The predicted octanol–water partition coefficient (Wildman–Crippen LogP) is 3.07. The van der Waals surface area contributed by atoms with Crippen molar-refractivity contribution in [3.05, 3.63) is 35.4 Å². The molecule has 1 aromatic carbocycles. The first kappa shape index (κ1) is 18.9. The van der Waals surface area contributed by atoms with E-state index in [0.29, 0.717) is 6.07 Å². The van der Waals surface area contributed by atoms with E-state index in [0.717, 1.165) is 17.0 Å². The Hall–Kier alpha value is -2.39. The van der Waals surface area contributed by atoms with Gasteiger partial charge in [-0.2, -0.15) is 13.2 Å². The summed E-state index contributed by atoms with van der Waals surface area (Å²) < 4.78 is 66.6. The van der Waals surface area contributed by atoms with Gasteiger partial charge in [-0.3, -0.25) is 4.79 Å². The summed E-state index contributed by atoms with van der Waals surface area (Å²) in [5.41, 5.74) is -2.32. The molecule has 0 aliphatic carbocycles. The highest BCUT2D eigenvalue weighted by Crippen LogP contribution is 2.36. The minimum absolute atomic E-state index is 0.0646. The van der Waals surface area contributed by atoms with Crippen molar-refractivity contribution in [2.24, 2.45) is 5.41 Å². The van der Waals surface area contributed by atoms with Crippen molar-refractivity contribution < 1.29 is 36.6 Å². The monoisotopic (exact) mass is 366 g/mol. The van der Waals surface area contributed by atoms with Gasteiger partial charge in [0.05, 0.1) is 5.41 Å². The van der Waals surface area contributed by atoms with Crippen LogP contribution in [0.25, 0.3) is 0 Å². The molecule has 2 N–H and O–H groups in total. The third-order valence-electron chi connectivity index (χ3n) is 4.16. The SMILES string of the molecule is CC1(C(=O)O)CCN(C(=O)NC(c2cccc(F)c2F)C(F)(F)F)C1. The predicted molar refractivity (Wildman–Crippen MR) is 75.6 cm³/mol. The minimum atomic E-state index is -5.07. The molecule has 0 saturated carbocycles. The zero-order valence-corrected chi connectivity index (χ0v) is 13.0. The molecule has 0 spiro atoms. The summed E-state index contributed by atoms with van der Waals surface area (Å²) in [4.78, 5) is 24.1. The molecule has 0 aromatic heterocycles. The Balaban J connectivity index is 2.23. The topological polar surface area (TPSA) is 69.6 Å². The summed E-state index contributed by atoms with van der Waals surface area (Å²) in [5, 5.41) is 10.7. The lowest BCUT2D eigenvalue weighted by Crippen LogP contribution is -2.46. The molecule has 0 radical (unpaired) electrons. The first-order valence-corrected chi connectivity index (χ1v) is 7.25. The summed E-state index contributed by atoms with van der Waals surface area (Å²) >= 11 is 0. The molecule has 2 atom stereocenters. The number of carbonyl (C=O) groups excluding carboxylic acids is 1. The number of benzene rings is 1. The van der Waals surface area contributed by atoms with E-state index in [9.17, 15) is 31.5 Å². The first-order chi connectivity index (χ1) is 11.5. The number of halogens is 5. The molecule has 2 amide bonds. The van der Waals surface area contributed by atoms with Gasteiger partial charge in [0, 0.05) is 18.7 Å². The van der Waals surface area contributed by atoms with Crippen LogP contribution in [0.4, 0.5) is 26.7 Å². The number of likely N-dealkylation sites (tertiary alicyclic amines) is 1. The number of alkyl halides is 3. The Labute approximate surface area is 139 Å². The van der Waals surface area contributed by atoms with E-state index in [-0.39, 0.29) is 19.5 Å². The van der Waals surface area contributed by atoms with E-state index in [1.165, 1.54) is 6.92 Å². The van der Waals surface area contributed by atoms with E-state index in [1.807, 2.05) is 0 Å². The van der Waals surface area contributed by atoms with Gasteiger partial charge in [0.15, 0.2) is 17.7 Å². The maximum atomic E-state index is 13.7. The normalized spacial score (nSPS) is 21.9. The van der Waals surface area contributed by atoms with Crippen LogP contribution in [-0.2, 0) is 4.79 Å². The largest absolute Gasteiger partial charge is 0.481 e. The van der Waals surface area contributed by atoms with E-state index in [4.69, 9.17) is 5.11 Å². The van der Waals surface area contributed by atoms with Gasteiger partial charge in [-0.15, -0.1) is 0 Å². The van der Waals surface area contributed by atoms with Crippen molar-refractivity contribution in [2.45, 2.75) is 25.6 Å². The fourth-order valence-corrected chi connectivity index (χ4v) is 2.60. The Morgan fingerprint density at radius 2 is 1.96 bits per heavy atom. The molecule has 10 heteroatoms. The number of nitrogens with one attached hydrogen (secondary N) is 1. The summed E-state index contributed by atoms with van der Waals surface area (Å²) in [6, 6.07) is -1.67. The smallest absolute Gasteiger partial charge is 0.413 e. The number of rotatable bonds is 3. The Bertz CT molecular complexity index is 694. The number of nitrogens with zero attached hydrogens (tertiary/aromatic N) is 1. The molecule has 2 rings (SSSR count). The maximum Gasteiger partial charge on any atom is 0.413 e. The second-order valence-corrected chi connectivity index (χ2v) is 6.10. The molecule has 25 heavy (non-hydrogen) atoms. The number of carboxylic acid groups (broad SMARTS) is 1. The van der Waals surface area contributed by atoms with E-state index in [1.54, 1.807) is 5.32 Å². The lowest BCUT2D eigenvalue weighted by molar-refractivity contribution is -0.156. The molecule has 0 bridgehead atoms. The number of aliphatic carboxylic acids is 1. The number of hydrogen-bond acceptors (Lipinski definition) is 2. The Morgan fingerprint density at radius 1 is 1.32 bits per heavy atom. The third-order valence-corrected chi connectivity index (χ3v) is 4.16. The average molecular weight is 366 g/mol. The second-order valence-electron chi connectivity index (χ2n) is 6.10. The fourth-order valence-electron chi connectivity index (χ4n) is 2.60. The van der Waals surface area contributed by atoms with Crippen LogP contribution >= 0.6 is 0 Å². The van der Waals surface area contributed by atoms with Crippen molar-refractivity contribution >= 4 is 12.0 Å². The van der Waals surface area contributed by atoms with Gasteiger partial charge in [-0.25, -0.2) is 13.6 Å². The maximum absolute atomic E-state index is 13.7. The summed E-state index contributed by atoms with van der Waals surface area (Å²) in [5.74, 6) is -4.35. The molecular weight excluding hydrogens is 351 g/mol. The molecule has 2 unspecified atom stereocenters. The molecule has 1 aliphatic heterocycles. The van der Waals surface area contributed by atoms with Crippen LogP contribution in [0, 0.1) is 17.0 Å².